The Labute approximate surface area is 274 Å². The zero-order chi connectivity index (χ0) is 33.1. The first-order chi connectivity index (χ1) is 22.6. The highest BCUT2D eigenvalue weighted by Crippen LogP contribution is 2.30. The molecule has 2 N–H and O–H groups in total. The molecule has 0 unspecified atom stereocenters. The molecule has 0 radical (unpaired) electrons. The van der Waals surface area contributed by atoms with Crippen molar-refractivity contribution in [2.24, 2.45) is 5.92 Å². The van der Waals surface area contributed by atoms with Gasteiger partial charge in [-0.15, -0.1) is 0 Å². The van der Waals surface area contributed by atoms with Crippen LogP contribution in [0.15, 0.2) is 60.7 Å². The van der Waals surface area contributed by atoms with Crippen molar-refractivity contribution in [3.8, 4) is 17.2 Å². The number of H-pyrrole nitrogens is 1. The second-order valence-corrected chi connectivity index (χ2v) is 12.8. The Morgan fingerprint density at radius 1 is 1.09 bits per heavy atom. The summed E-state index contributed by atoms with van der Waals surface area (Å²) in [5.41, 5.74) is 3.89. The number of likely N-dealkylation sites (N-methyl/N-ethyl adjacent to an activating group) is 1. The number of aromatic nitrogens is 2. The molecule has 4 bridgehead atoms. The number of likely N-dealkylation sites (tertiary alicyclic amines) is 1. The average molecular weight is 640 g/mol. The summed E-state index contributed by atoms with van der Waals surface area (Å²) in [6, 6.07) is 18.1. The molecule has 0 spiro atoms. The van der Waals surface area contributed by atoms with E-state index in [0.29, 0.717) is 54.8 Å². The maximum absolute atomic E-state index is 13.5. The largest absolute Gasteiger partial charge is 0.493 e. The quantitative estimate of drug-likeness (QED) is 0.326. The molecule has 3 heterocycles. The number of hydrogen-bond acceptors (Lipinski definition) is 7. The van der Waals surface area contributed by atoms with E-state index in [1.807, 2.05) is 63.2 Å². The molecule has 6 rings (SSSR count). The Balaban J connectivity index is 1.22. The monoisotopic (exact) mass is 639 g/mol. The summed E-state index contributed by atoms with van der Waals surface area (Å²) in [6.07, 6.45) is 0.302. The van der Waals surface area contributed by atoms with Crippen LogP contribution >= 0.6 is 0 Å². The van der Waals surface area contributed by atoms with Crippen molar-refractivity contribution in [1.29, 1.82) is 0 Å². The molecule has 2 aliphatic rings. The third-order valence-corrected chi connectivity index (χ3v) is 8.31. The van der Waals surface area contributed by atoms with Gasteiger partial charge in [0.15, 0.2) is 0 Å². The van der Waals surface area contributed by atoms with Crippen molar-refractivity contribution in [3.05, 3.63) is 83.2 Å². The van der Waals surface area contributed by atoms with Crippen molar-refractivity contribution < 1.29 is 28.6 Å². The number of fused-ring (bicyclic) bond motifs is 6. The number of nitrogens with one attached hydrogen (secondary N) is 2. The molecule has 4 aromatic rings. The summed E-state index contributed by atoms with van der Waals surface area (Å²) in [6.45, 7) is 7.38. The van der Waals surface area contributed by atoms with Crippen LogP contribution in [0, 0.1) is 12.8 Å². The highest BCUT2D eigenvalue weighted by atomic mass is 16.5. The summed E-state index contributed by atoms with van der Waals surface area (Å²) >= 11 is 0. The van der Waals surface area contributed by atoms with Gasteiger partial charge in [0.1, 0.15) is 23.1 Å². The number of carbonyl (C=O) groups is 3. The molecule has 11 heteroatoms. The van der Waals surface area contributed by atoms with Crippen molar-refractivity contribution in [2.75, 3.05) is 33.3 Å². The molecule has 0 aliphatic carbocycles. The Bertz CT molecular complexity index is 1780. The molecule has 11 nitrogen and oxygen atoms in total. The van der Waals surface area contributed by atoms with Crippen LogP contribution in [0.25, 0.3) is 11.0 Å². The van der Waals surface area contributed by atoms with Crippen LogP contribution in [0.4, 0.5) is 0 Å². The minimum absolute atomic E-state index is 0.0141. The van der Waals surface area contributed by atoms with Crippen LogP contribution < -0.4 is 14.8 Å². The van der Waals surface area contributed by atoms with Gasteiger partial charge in [-0.3, -0.25) is 14.4 Å². The number of nitrogens with zero attached hydrogens (tertiary/aromatic N) is 3. The van der Waals surface area contributed by atoms with E-state index >= 15 is 0 Å². The zero-order valence-corrected chi connectivity index (χ0v) is 27.2. The summed E-state index contributed by atoms with van der Waals surface area (Å²) in [5.74, 6) is 2.01. The van der Waals surface area contributed by atoms with E-state index in [2.05, 4.69) is 15.3 Å². The van der Waals surface area contributed by atoms with Gasteiger partial charge in [0.05, 0.1) is 49.4 Å². The van der Waals surface area contributed by atoms with Gasteiger partial charge in [-0.1, -0.05) is 32.0 Å². The topological polar surface area (TPSA) is 126 Å². The number of carbonyl (C=O) groups excluding carboxylic acids is 3. The minimum Gasteiger partial charge on any atom is -0.493 e. The van der Waals surface area contributed by atoms with E-state index in [9.17, 15) is 14.4 Å². The number of imidazole rings is 1. The molecular weight excluding hydrogens is 598 g/mol. The number of piperidine rings is 1. The lowest BCUT2D eigenvalue weighted by atomic mass is 10.00. The summed E-state index contributed by atoms with van der Waals surface area (Å²) in [5, 5.41) is 3.08. The molecule has 3 aromatic carbocycles. The molecule has 1 saturated heterocycles. The highest BCUT2D eigenvalue weighted by molar-refractivity contribution is 5.97. The lowest BCUT2D eigenvalue weighted by molar-refractivity contribution is -0.137. The molecule has 3 amide bonds. The van der Waals surface area contributed by atoms with Crippen molar-refractivity contribution in [2.45, 2.75) is 52.4 Å². The first-order valence-electron chi connectivity index (χ1n) is 16.0. The number of ether oxygens (including phenoxy) is 3. The van der Waals surface area contributed by atoms with Crippen molar-refractivity contribution in [3.63, 3.8) is 0 Å². The van der Waals surface area contributed by atoms with E-state index in [4.69, 9.17) is 14.2 Å². The van der Waals surface area contributed by atoms with Gasteiger partial charge in [0.25, 0.3) is 5.91 Å². The average Bonchev–Trinajstić information content (AvgIpc) is 3.41. The normalized spacial score (nSPS) is 18.9. The van der Waals surface area contributed by atoms with Crippen LogP contribution in [0.1, 0.15) is 47.6 Å². The van der Waals surface area contributed by atoms with E-state index in [0.717, 1.165) is 28.0 Å². The number of rotatable bonds is 5. The van der Waals surface area contributed by atoms with Gasteiger partial charge < -0.3 is 34.3 Å². The molecule has 246 valence electrons. The number of benzene rings is 3. The van der Waals surface area contributed by atoms with Crippen LogP contribution in [0.2, 0.25) is 0 Å². The predicted molar refractivity (Wildman–Crippen MR) is 176 cm³/mol. The predicted octanol–water partition coefficient (Wildman–Crippen LogP) is 4.63. The molecule has 0 saturated carbocycles. The molecule has 2 atom stereocenters. The van der Waals surface area contributed by atoms with Gasteiger partial charge in [-0.2, -0.15) is 0 Å². The highest BCUT2D eigenvalue weighted by Gasteiger charge is 2.34. The fourth-order valence-electron chi connectivity index (χ4n) is 5.96. The number of hydrogen-bond donors (Lipinski definition) is 2. The summed E-state index contributed by atoms with van der Waals surface area (Å²) in [4.78, 5) is 51.1. The van der Waals surface area contributed by atoms with E-state index in [1.54, 1.807) is 30.1 Å². The second kappa shape index (κ2) is 13.8. The van der Waals surface area contributed by atoms with Crippen LogP contribution in [-0.4, -0.2) is 82.9 Å². The van der Waals surface area contributed by atoms with E-state index in [-0.39, 0.29) is 43.3 Å². The third-order valence-electron chi connectivity index (χ3n) is 8.31. The molecular formula is C36H41N5O6. The molecule has 2 aliphatic heterocycles. The van der Waals surface area contributed by atoms with Crippen LogP contribution in [0.5, 0.6) is 17.2 Å². The van der Waals surface area contributed by atoms with Crippen molar-refractivity contribution in [1.82, 2.24) is 25.1 Å². The van der Waals surface area contributed by atoms with E-state index in [1.165, 1.54) is 4.90 Å². The van der Waals surface area contributed by atoms with E-state index < -0.39 is 6.10 Å². The maximum atomic E-state index is 13.5. The number of amides is 3. The smallest absolute Gasteiger partial charge is 0.254 e. The Hall–Kier alpha value is -4.90. The van der Waals surface area contributed by atoms with Crippen molar-refractivity contribution >= 4 is 28.8 Å². The molecule has 1 fully saturated rings. The molecule has 1 aromatic heterocycles. The Morgan fingerprint density at radius 2 is 1.94 bits per heavy atom. The standard InChI is InChI=1S/C36H41N5O6/c1-22(2)20-45-28-15-26-16-29(17-28)47-27-7-5-6-25(12-27)21-46-33-18-41(11-10-31(33)39-34(42)19-40(4)36(26)44)35(43)14-24-8-9-30-32(13-24)38-23(3)37-30/h5-9,12-13,15-17,22,31,33H,10-11,14,18-21H2,1-4H3,(H,37,38)(H,39,42)/t31-,33-/m0/s1. The van der Waals surface area contributed by atoms with Gasteiger partial charge in [-0.25, -0.2) is 4.98 Å². The SMILES string of the molecule is Cc1nc2ccc(CC(=O)N3CC[C@@H]4NC(=O)CN(C)C(=O)c5cc(OCC(C)C)cc(c5)Oc5cccc(c5)CO[C@H]4C3)cc2[nH]1. The fraction of sp³-hybridized carbons (Fsp3) is 0.389. The molecule has 47 heavy (non-hydrogen) atoms. The van der Waals surface area contributed by atoms with Gasteiger partial charge in [-0.05, 0) is 66.8 Å². The van der Waals surface area contributed by atoms with Gasteiger partial charge in [0, 0.05) is 31.8 Å². The number of aryl methyl sites for hydroxylation is 1. The minimum atomic E-state index is -0.457. The Morgan fingerprint density at radius 3 is 2.77 bits per heavy atom. The lowest BCUT2D eigenvalue weighted by Crippen LogP contribution is -2.57. The number of aromatic amines is 1. The maximum Gasteiger partial charge on any atom is 0.254 e. The summed E-state index contributed by atoms with van der Waals surface area (Å²) < 4.78 is 18.6. The zero-order valence-electron chi connectivity index (χ0n) is 27.2. The first kappa shape index (κ1) is 32.1. The fourth-order valence-corrected chi connectivity index (χ4v) is 5.96. The van der Waals surface area contributed by atoms with Crippen LogP contribution in [-0.2, 0) is 27.4 Å². The van der Waals surface area contributed by atoms with Gasteiger partial charge >= 0.3 is 0 Å². The third kappa shape index (κ3) is 7.91. The van der Waals surface area contributed by atoms with Crippen LogP contribution in [0.3, 0.4) is 0 Å². The Kier molecular flexibility index (Phi) is 9.44. The van der Waals surface area contributed by atoms with Gasteiger partial charge in [0.2, 0.25) is 11.8 Å². The lowest BCUT2D eigenvalue weighted by Gasteiger charge is -2.39. The first-order valence-corrected chi connectivity index (χ1v) is 16.0. The second-order valence-electron chi connectivity index (χ2n) is 12.8. The summed E-state index contributed by atoms with van der Waals surface area (Å²) in [7, 11) is 1.59.